The van der Waals surface area contributed by atoms with Crippen LogP contribution in [0.2, 0.25) is 0 Å². The highest BCUT2D eigenvalue weighted by Gasteiger charge is 2.31. The van der Waals surface area contributed by atoms with Crippen molar-refractivity contribution in [1.29, 1.82) is 0 Å². The fourth-order valence-electron chi connectivity index (χ4n) is 2.69. The average molecular weight is 356 g/mol. The van der Waals surface area contributed by atoms with Gasteiger partial charge >= 0.3 is 5.69 Å². The van der Waals surface area contributed by atoms with Crippen LogP contribution in [-0.4, -0.2) is 71.7 Å². The average Bonchev–Trinajstić information content (AvgIpc) is 2.52. The van der Waals surface area contributed by atoms with Crippen LogP contribution in [0.3, 0.4) is 0 Å². The third-order valence-corrected chi connectivity index (χ3v) is 3.56. The summed E-state index contributed by atoms with van der Waals surface area (Å²) < 4.78 is 10.8. The number of nitrogens with zero attached hydrogens (tertiary/aromatic N) is 4. The van der Waals surface area contributed by atoms with Gasteiger partial charge in [0.05, 0.1) is 37.0 Å². The maximum absolute atomic E-state index is 11.4. The van der Waals surface area contributed by atoms with Crippen molar-refractivity contribution in [3.05, 3.63) is 10.1 Å². The molecule has 0 aromatic carbocycles. The van der Waals surface area contributed by atoms with Crippen LogP contribution in [0.5, 0.6) is 0 Å². The zero-order valence-electron chi connectivity index (χ0n) is 14.3. The topological polar surface area (TPSA) is 149 Å². The molecule has 11 nitrogen and oxygen atoms in total. The van der Waals surface area contributed by atoms with Crippen molar-refractivity contribution < 1.29 is 19.5 Å². The van der Waals surface area contributed by atoms with E-state index in [1.165, 1.54) is 0 Å². The summed E-state index contributed by atoms with van der Waals surface area (Å²) in [4.78, 5) is 20.9. The molecule has 0 radical (unpaired) electrons. The van der Waals surface area contributed by atoms with Gasteiger partial charge in [-0.1, -0.05) is 0 Å². The number of nitrogens with one attached hydrogen (secondary N) is 1. The Morgan fingerprint density at radius 2 is 2.08 bits per heavy atom. The van der Waals surface area contributed by atoms with Gasteiger partial charge < -0.3 is 30.5 Å². The van der Waals surface area contributed by atoms with Crippen LogP contribution in [0.15, 0.2) is 0 Å². The second kappa shape index (κ2) is 8.74. The molecule has 2 atom stereocenters. The first kappa shape index (κ1) is 19.1. The molecule has 2 rings (SSSR count). The van der Waals surface area contributed by atoms with Gasteiger partial charge in [0, 0.05) is 19.6 Å². The Hall–Kier alpha value is -2.24. The minimum atomic E-state index is -0.566. The van der Waals surface area contributed by atoms with Crippen molar-refractivity contribution >= 4 is 23.3 Å². The Morgan fingerprint density at radius 3 is 2.68 bits per heavy atom. The van der Waals surface area contributed by atoms with E-state index >= 15 is 0 Å². The lowest BCUT2D eigenvalue weighted by Crippen LogP contribution is -2.46. The van der Waals surface area contributed by atoms with Gasteiger partial charge in [-0.2, -0.15) is 9.97 Å². The van der Waals surface area contributed by atoms with E-state index in [9.17, 15) is 10.1 Å². The van der Waals surface area contributed by atoms with E-state index in [1.54, 1.807) is 4.90 Å². The summed E-state index contributed by atoms with van der Waals surface area (Å²) in [5, 5.41) is 23.0. The molecular formula is C14H24N6O5. The van der Waals surface area contributed by atoms with E-state index < -0.39 is 4.92 Å². The highest BCUT2D eigenvalue weighted by Crippen LogP contribution is 2.33. The lowest BCUT2D eigenvalue weighted by molar-refractivity contribution is -0.383. The van der Waals surface area contributed by atoms with Gasteiger partial charge in [-0.25, -0.2) is 0 Å². The summed E-state index contributed by atoms with van der Waals surface area (Å²) >= 11 is 0. The van der Waals surface area contributed by atoms with Crippen LogP contribution in [0.1, 0.15) is 13.8 Å². The Kier molecular flexibility index (Phi) is 6.67. The summed E-state index contributed by atoms with van der Waals surface area (Å²) in [6.45, 7) is 5.64. The smallest absolute Gasteiger partial charge is 0.353 e. The molecule has 0 saturated carbocycles. The first-order valence-corrected chi connectivity index (χ1v) is 8.07. The zero-order valence-corrected chi connectivity index (χ0v) is 14.3. The molecular weight excluding hydrogens is 332 g/mol. The Bertz CT molecular complexity index is 591. The Labute approximate surface area is 145 Å². The predicted molar refractivity (Wildman–Crippen MR) is 91.7 cm³/mol. The highest BCUT2D eigenvalue weighted by molar-refractivity contribution is 5.71. The fraction of sp³-hybridized carbons (Fsp3) is 0.714. The molecule has 1 saturated heterocycles. The number of hydrogen-bond donors (Lipinski definition) is 3. The lowest BCUT2D eigenvalue weighted by Gasteiger charge is -2.35. The second-order valence-electron chi connectivity index (χ2n) is 5.79. The van der Waals surface area contributed by atoms with E-state index in [0.717, 1.165) is 0 Å². The molecule has 0 aliphatic carbocycles. The third kappa shape index (κ3) is 5.11. The monoisotopic (exact) mass is 356 g/mol. The number of anilines is 3. The van der Waals surface area contributed by atoms with Gasteiger partial charge in [0.15, 0.2) is 0 Å². The second-order valence-corrected chi connectivity index (χ2v) is 5.79. The van der Waals surface area contributed by atoms with E-state index in [4.69, 9.17) is 20.3 Å². The number of nitro groups is 1. The minimum Gasteiger partial charge on any atom is -0.394 e. The summed E-state index contributed by atoms with van der Waals surface area (Å²) in [7, 11) is 0. The van der Waals surface area contributed by atoms with Gasteiger partial charge in [0.25, 0.3) is 0 Å². The molecule has 0 amide bonds. The van der Waals surface area contributed by atoms with Gasteiger partial charge in [0.1, 0.15) is 0 Å². The molecule has 2 unspecified atom stereocenters. The summed E-state index contributed by atoms with van der Waals surface area (Å²) in [5.41, 5.74) is 5.49. The lowest BCUT2D eigenvalue weighted by atomic mass is 10.2. The minimum absolute atomic E-state index is 0.0570. The number of nitrogens with two attached hydrogens (primary N) is 1. The maximum Gasteiger partial charge on any atom is 0.353 e. The first-order valence-electron chi connectivity index (χ1n) is 8.07. The summed E-state index contributed by atoms with van der Waals surface area (Å²) in [5.74, 6) is 0.177. The van der Waals surface area contributed by atoms with Gasteiger partial charge in [-0.05, 0) is 13.8 Å². The largest absolute Gasteiger partial charge is 0.394 e. The zero-order chi connectivity index (χ0) is 18.4. The van der Waals surface area contributed by atoms with E-state index in [1.807, 2.05) is 13.8 Å². The number of hydrogen-bond acceptors (Lipinski definition) is 10. The van der Waals surface area contributed by atoms with Crippen molar-refractivity contribution in [2.75, 3.05) is 55.4 Å². The number of morpholine rings is 1. The maximum atomic E-state index is 11.4. The highest BCUT2D eigenvalue weighted by atomic mass is 16.6. The van der Waals surface area contributed by atoms with Crippen LogP contribution in [0, 0.1) is 10.1 Å². The number of aliphatic hydroxyl groups excluding tert-OH is 1. The molecule has 0 spiro atoms. The fourth-order valence-corrected chi connectivity index (χ4v) is 2.69. The molecule has 140 valence electrons. The molecule has 2 heterocycles. The number of aliphatic hydroxyl groups is 1. The Morgan fingerprint density at radius 1 is 1.40 bits per heavy atom. The number of nitrogen functional groups attached to an aromatic ring is 1. The summed E-state index contributed by atoms with van der Waals surface area (Å²) in [6, 6.07) is 0. The molecule has 4 N–H and O–H groups in total. The van der Waals surface area contributed by atoms with Crippen LogP contribution >= 0.6 is 0 Å². The van der Waals surface area contributed by atoms with Crippen LogP contribution in [-0.2, 0) is 9.47 Å². The van der Waals surface area contributed by atoms with E-state index in [0.29, 0.717) is 26.2 Å². The van der Waals surface area contributed by atoms with Crippen molar-refractivity contribution in [3.8, 4) is 0 Å². The molecule has 1 fully saturated rings. The molecule has 25 heavy (non-hydrogen) atoms. The van der Waals surface area contributed by atoms with Crippen molar-refractivity contribution in [2.24, 2.45) is 0 Å². The number of ether oxygens (including phenoxy) is 2. The number of rotatable bonds is 8. The molecule has 1 aliphatic heterocycles. The van der Waals surface area contributed by atoms with Crippen molar-refractivity contribution in [2.45, 2.75) is 26.1 Å². The summed E-state index contributed by atoms with van der Waals surface area (Å²) in [6.07, 6.45) is -0.161. The van der Waals surface area contributed by atoms with Gasteiger partial charge in [0.2, 0.25) is 17.6 Å². The molecule has 11 heteroatoms. The third-order valence-electron chi connectivity index (χ3n) is 3.56. The van der Waals surface area contributed by atoms with Crippen molar-refractivity contribution in [3.63, 3.8) is 0 Å². The van der Waals surface area contributed by atoms with Crippen LogP contribution in [0.25, 0.3) is 0 Å². The molecule has 1 aliphatic rings. The van der Waals surface area contributed by atoms with E-state index in [-0.39, 0.29) is 48.7 Å². The first-order chi connectivity index (χ1) is 11.9. The quantitative estimate of drug-likeness (QED) is 0.330. The Balaban J connectivity index is 2.21. The molecule has 0 bridgehead atoms. The van der Waals surface area contributed by atoms with Gasteiger partial charge in [-0.15, -0.1) is 0 Å². The SMILES string of the molecule is CC1CN(c2nc(NCCOCCO)nc(N)c2[N+](=O)[O-])CC(C)O1. The molecule has 1 aromatic rings. The predicted octanol–water partition coefficient (Wildman–Crippen LogP) is 0.00140. The van der Waals surface area contributed by atoms with Crippen molar-refractivity contribution in [1.82, 2.24) is 9.97 Å². The van der Waals surface area contributed by atoms with Crippen LogP contribution in [0.4, 0.5) is 23.3 Å². The van der Waals surface area contributed by atoms with Gasteiger partial charge in [-0.3, -0.25) is 10.1 Å². The number of aromatic nitrogens is 2. The van der Waals surface area contributed by atoms with E-state index in [2.05, 4.69) is 15.3 Å². The van der Waals surface area contributed by atoms with Crippen LogP contribution < -0.4 is 16.0 Å². The normalized spacial score (nSPS) is 20.5. The molecule has 1 aromatic heterocycles. The standard InChI is InChI=1S/C14H24N6O5/c1-9-7-19(8-10(2)25-9)13-11(20(22)23)12(15)17-14(18-13)16-3-5-24-6-4-21/h9-10,21H,3-8H2,1-2H3,(H3,15,16,17,18).